The average Bonchev–Trinajstić information content (AvgIpc) is 2.83. The number of nitrogens with zero attached hydrogens (tertiary/aromatic N) is 1. The van der Waals surface area contributed by atoms with E-state index in [1.807, 2.05) is 78.9 Å². The Balaban J connectivity index is 0.00000385. The van der Waals surface area contributed by atoms with Gasteiger partial charge in [-0.2, -0.15) is 0 Å². The molecule has 0 aliphatic carbocycles. The number of amides is 1. The first-order valence-electron chi connectivity index (χ1n) is 10.7. The Morgan fingerprint density at radius 1 is 0.970 bits per heavy atom. The number of benzene rings is 3. The minimum atomic E-state index is -0.970. The molecule has 7 heteroatoms. The van der Waals surface area contributed by atoms with Gasteiger partial charge in [0.15, 0.2) is 11.5 Å². The number of nitrogens with two attached hydrogens (primary N) is 1. The van der Waals surface area contributed by atoms with Crippen LogP contribution in [0.5, 0.6) is 11.5 Å². The van der Waals surface area contributed by atoms with E-state index in [4.69, 9.17) is 15.2 Å². The Kier molecular flexibility index (Phi) is 10.5. The van der Waals surface area contributed by atoms with Crippen molar-refractivity contribution in [2.75, 3.05) is 20.2 Å². The molecule has 1 atom stereocenters. The first kappa shape index (κ1) is 26.0. The maximum atomic E-state index is 12.1. The third kappa shape index (κ3) is 7.41. The second-order valence-electron chi connectivity index (χ2n) is 7.51. The Morgan fingerprint density at radius 2 is 1.61 bits per heavy atom. The van der Waals surface area contributed by atoms with E-state index >= 15 is 0 Å². The molecular formula is C26H31ClN2O4. The van der Waals surface area contributed by atoms with Crippen molar-refractivity contribution in [1.82, 2.24) is 4.90 Å². The van der Waals surface area contributed by atoms with Crippen molar-refractivity contribution in [3.63, 3.8) is 0 Å². The first-order valence-corrected chi connectivity index (χ1v) is 10.7. The van der Waals surface area contributed by atoms with Gasteiger partial charge in [-0.3, -0.25) is 0 Å². The highest BCUT2D eigenvalue weighted by Crippen LogP contribution is 2.34. The zero-order chi connectivity index (χ0) is 22.8. The molecule has 0 bridgehead atoms. The van der Waals surface area contributed by atoms with Crippen LogP contribution in [-0.2, 0) is 13.0 Å². The Bertz CT molecular complexity index is 986. The van der Waals surface area contributed by atoms with E-state index < -0.39 is 6.09 Å². The topological polar surface area (TPSA) is 85.0 Å². The summed E-state index contributed by atoms with van der Waals surface area (Å²) in [6, 6.07) is 25.0. The maximum absolute atomic E-state index is 12.1. The highest BCUT2D eigenvalue weighted by molar-refractivity contribution is 5.85. The van der Waals surface area contributed by atoms with Crippen LogP contribution in [0.1, 0.15) is 29.2 Å². The third-order valence-electron chi connectivity index (χ3n) is 5.31. The summed E-state index contributed by atoms with van der Waals surface area (Å²) >= 11 is 0. The summed E-state index contributed by atoms with van der Waals surface area (Å²) in [5, 5.41) is 9.93. The van der Waals surface area contributed by atoms with Crippen molar-refractivity contribution in [3.05, 3.63) is 95.6 Å². The molecule has 3 rings (SSSR count). The molecule has 0 fully saturated rings. The Morgan fingerprint density at radius 3 is 2.18 bits per heavy atom. The van der Waals surface area contributed by atoms with Crippen LogP contribution in [0.15, 0.2) is 78.9 Å². The van der Waals surface area contributed by atoms with Crippen molar-refractivity contribution >= 4 is 18.5 Å². The predicted molar refractivity (Wildman–Crippen MR) is 132 cm³/mol. The van der Waals surface area contributed by atoms with E-state index in [1.54, 1.807) is 7.11 Å². The summed E-state index contributed by atoms with van der Waals surface area (Å²) in [7, 11) is 1.59. The Hall–Kier alpha value is -3.22. The average molecular weight is 471 g/mol. The van der Waals surface area contributed by atoms with Crippen LogP contribution in [0.4, 0.5) is 4.79 Å². The monoisotopic (exact) mass is 470 g/mol. The molecule has 6 nitrogen and oxygen atoms in total. The summed E-state index contributed by atoms with van der Waals surface area (Å²) in [5.74, 6) is 1.18. The molecule has 0 saturated carbocycles. The van der Waals surface area contributed by atoms with Crippen LogP contribution in [0, 0.1) is 0 Å². The number of carboxylic acid groups (broad SMARTS) is 1. The van der Waals surface area contributed by atoms with Crippen molar-refractivity contribution < 1.29 is 19.4 Å². The van der Waals surface area contributed by atoms with E-state index in [2.05, 4.69) is 0 Å². The fourth-order valence-electron chi connectivity index (χ4n) is 3.64. The highest BCUT2D eigenvalue weighted by atomic mass is 35.5. The summed E-state index contributed by atoms with van der Waals surface area (Å²) in [5.41, 5.74) is 8.61. The number of methoxy groups -OCH3 is 1. The van der Waals surface area contributed by atoms with E-state index in [0.717, 1.165) is 16.7 Å². The van der Waals surface area contributed by atoms with Gasteiger partial charge in [0.1, 0.15) is 6.61 Å². The van der Waals surface area contributed by atoms with Gasteiger partial charge in [0.25, 0.3) is 0 Å². The number of rotatable bonds is 11. The molecule has 0 saturated heterocycles. The first-order chi connectivity index (χ1) is 15.6. The van der Waals surface area contributed by atoms with Crippen LogP contribution in [0.25, 0.3) is 0 Å². The molecule has 3 aromatic rings. The number of hydrogen-bond acceptors (Lipinski definition) is 4. The molecule has 0 aromatic heterocycles. The molecule has 0 aliphatic heterocycles. The lowest BCUT2D eigenvalue weighted by Gasteiger charge is -2.30. The fraction of sp³-hybridized carbons (Fsp3) is 0.269. The van der Waals surface area contributed by atoms with Gasteiger partial charge in [-0.1, -0.05) is 66.7 Å². The number of ether oxygens (including phenoxy) is 2. The van der Waals surface area contributed by atoms with E-state index in [-0.39, 0.29) is 18.4 Å². The van der Waals surface area contributed by atoms with Crippen LogP contribution >= 0.6 is 12.4 Å². The molecule has 0 spiro atoms. The molecule has 3 aromatic carbocycles. The molecule has 176 valence electrons. The van der Waals surface area contributed by atoms with Gasteiger partial charge in [-0.15, -0.1) is 12.4 Å². The van der Waals surface area contributed by atoms with Gasteiger partial charge in [0.05, 0.1) is 13.2 Å². The van der Waals surface area contributed by atoms with Gasteiger partial charge in [0.2, 0.25) is 0 Å². The largest absolute Gasteiger partial charge is 0.493 e. The molecule has 1 amide bonds. The molecule has 0 radical (unpaired) electrons. The van der Waals surface area contributed by atoms with Crippen LogP contribution in [0.3, 0.4) is 0 Å². The minimum absolute atomic E-state index is 0. The second-order valence-corrected chi connectivity index (χ2v) is 7.51. The fourth-order valence-corrected chi connectivity index (χ4v) is 3.64. The summed E-state index contributed by atoms with van der Waals surface area (Å²) in [4.78, 5) is 13.6. The van der Waals surface area contributed by atoms with Crippen LogP contribution < -0.4 is 15.2 Å². The molecule has 0 aliphatic rings. The van der Waals surface area contributed by atoms with Gasteiger partial charge >= 0.3 is 6.09 Å². The van der Waals surface area contributed by atoms with E-state index in [1.165, 1.54) is 4.90 Å². The lowest BCUT2D eigenvalue weighted by molar-refractivity contribution is 0.123. The smallest absolute Gasteiger partial charge is 0.407 e. The van der Waals surface area contributed by atoms with Crippen molar-refractivity contribution in [2.24, 2.45) is 5.73 Å². The lowest BCUT2D eigenvalue weighted by Crippen LogP contribution is -2.36. The quantitative estimate of drug-likeness (QED) is 0.396. The second kappa shape index (κ2) is 13.4. The molecule has 0 heterocycles. The Labute approximate surface area is 201 Å². The zero-order valence-corrected chi connectivity index (χ0v) is 19.5. The van der Waals surface area contributed by atoms with Gasteiger partial charge in [0, 0.05) is 6.54 Å². The summed E-state index contributed by atoms with van der Waals surface area (Å²) < 4.78 is 11.6. The van der Waals surface area contributed by atoms with Crippen molar-refractivity contribution in [2.45, 2.75) is 25.5 Å². The van der Waals surface area contributed by atoms with Gasteiger partial charge < -0.3 is 25.2 Å². The number of hydrogen-bond donors (Lipinski definition) is 2. The van der Waals surface area contributed by atoms with Gasteiger partial charge in [-0.05, 0) is 48.2 Å². The molecular weight excluding hydrogens is 440 g/mol. The highest BCUT2D eigenvalue weighted by Gasteiger charge is 2.26. The molecule has 33 heavy (non-hydrogen) atoms. The number of halogens is 1. The zero-order valence-electron chi connectivity index (χ0n) is 18.7. The van der Waals surface area contributed by atoms with E-state index in [9.17, 15) is 9.90 Å². The third-order valence-corrected chi connectivity index (χ3v) is 5.31. The SMILES string of the molecule is COc1cc(C(Cc2ccccc2)N(CCCN)C(=O)O)ccc1OCc1ccccc1.Cl. The normalized spacial score (nSPS) is 11.2. The molecule has 1 unspecified atom stereocenters. The maximum Gasteiger partial charge on any atom is 0.407 e. The van der Waals surface area contributed by atoms with Crippen molar-refractivity contribution in [3.8, 4) is 11.5 Å². The summed E-state index contributed by atoms with van der Waals surface area (Å²) in [6.07, 6.45) is 0.167. The minimum Gasteiger partial charge on any atom is -0.493 e. The van der Waals surface area contributed by atoms with E-state index in [0.29, 0.717) is 44.0 Å². The summed E-state index contributed by atoms with van der Waals surface area (Å²) in [6.45, 7) is 1.21. The van der Waals surface area contributed by atoms with Crippen molar-refractivity contribution in [1.29, 1.82) is 0 Å². The lowest BCUT2D eigenvalue weighted by atomic mass is 9.97. The van der Waals surface area contributed by atoms with Gasteiger partial charge in [-0.25, -0.2) is 4.79 Å². The van der Waals surface area contributed by atoms with Crippen LogP contribution in [-0.4, -0.2) is 36.3 Å². The predicted octanol–water partition coefficient (Wildman–Crippen LogP) is 5.31. The number of carbonyl (C=O) groups is 1. The van der Waals surface area contributed by atoms with Crippen LogP contribution in [0.2, 0.25) is 0 Å². The molecule has 3 N–H and O–H groups in total. The standard InChI is InChI=1S/C26H30N2O4.ClH/c1-31-25-18-22(13-14-24(25)32-19-21-11-6-3-7-12-21)23(17-20-9-4-2-5-10-20)28(26(29)30)16-8-15-27;/h2-7,9-14,18,23H,8,15-17,19,27H2,1H3,(H,29,30);1H.